The second-order valence-corrected chi connectivity index (χ2v) is 8.63. The molecule has 0 aromatic heterocycles. The minimum Gasteiger partial charge on any atom is -0.403 e. The van der Waals surface area contributed by atoms with Gasteiger partial charge in [0.2, 0.25) is 0 Å². The summed E-state index contributed by atoms with van der Waals surface area (Å²) in [6, 6.07) is 6.48. The Hall–Kier alpha value is -0.650. The lowest BCUT2D eigenvalue weighted by Crippen LogP contribution is -2.01. The van der Waals surface area contributed by atoms with Crippen molar-refractivity contribution in [3.05, 3.63) is 40.7 Å². The lowest BCUT2D eigenvalue weighted by molar-refractivity contribution is 0.159. The molecule has 1 rings (SSSR count). The Labute approximate surface area is 159 Å². The van der Waals surface area contributed by atoms with Gasteiger partial charge in [-0.05, 0) is 52.0 Å². The maximum Gasteiger partial charge on any atom is 0.530 e. The molecule has 0 saturated heterocycles. The Bertz CT molecular complexity index is 656. The summed E-state index contributed by atoms with van der Waals surface area (Å²) in [6.45, 7) is 7.24. The van der Waals surface area contributed by atoms with Crippen LogP contribution in [-0.2, 0) is 31.7 Å². The van der Waals surface area contributed by atoms with Gasteiger partial charge in [-0.3, -0.25) is 13.6 Å². The van der Waals surface area contributed by atoms with Gasteiger partial charge in [0.25, 0.3) is 0 Å². The molecule has 0 amide bonds. The van der Waals surface area contributed by atoms with Gasteiger partial charge in [-0.2, -0.15) is 0 Å². The summed E-state index contributed by atoms with van der Waals surface area (Å²) in [5, 5.41) is 0.503. The average molecular weight is 427 g/mol. The van der Waals surface area contributed by atoms with E-state index in [1.807, 2.05) is 0 Å². The number of rotatable bonds is 12. The first-order valence-corrected chi connectivity index (χ1v) is 11.7. The average Bonchev–Trinajstić information content (AvgIpc) is 2.55. The molecule has 148 valence electrons. The van der Waals surface area contributed by atoms with E-state index in [4.69, 9.17) is 34.2 Å². The number of halogens is 1. The van der Waals surface area contributed by atoms with Crippen molar-refractivity contribution in [2.75, 3.05) is 26.4 Å². The molecule has 0 radical (unpaired) electrons. The molecule has 7 nitrogen and oxygen atoms in total. The van der Waals surface area contributed by atoms with Gasteiger partial charge in [-0.1, -0.05) is 11.6 Å². The Morgan fingerprint density at radius 3 is 1.77 bits per heavy atom. The van der Waals surface area contributed by atoms with E-state index in [0.29, 0.717) is 10.6 Å². The molecule has 0 heterocycles. The SMILES string of the molecule is CCOP(=O)(/C=C(\OP(=O)(OCC)OCC)c1ccc(Cl)cc1)OCC. The lowest BCUT2D eigenvalue weighted by atomic mass is 10.2. The molecule has 1 aromatic rings. The van der Waals surface area contributed by atoms with Gasteiger partial charge < -0.3 is 13.6 Å². The van der Waals surface area contributed by atoms with Gasteiger partial charge in [-0.15, -0.1) is 0 Å². The molecule has 26 heavy (non-hydrogen) atoms. The highest BCUT2D eigenvalue weighted by Gasteiger charge is 2.31. The predicted octanol–water partition coefficient (Wildman–Crippen LogP) is 6.10. The number of benzene rings is 1. The third-order valence-corrected chi connectivity index (χ3v) is 6.41. The highest BCUT2D eigenvalue weighted by atomic mass is 35.5. The molecule has 10 heteroatoms. The Balaban J connectivity index is 3.37. The van der Waals surface area contributed by atoms with Crippen molar-refractivity contribution >= 4 is 32.8 Å². The molecule has 0 aliphatic rings. The van der Waals surface area contributed by atoms with Crippen molar-refractivity contribution in [2.45, 2.75) is 27.7 Å². The first-order chi connectivity index (χ1) is 12.3. The summed E-state index contributed by atoms with van der Waals surface area (Å²) in [7, 11) is -7.54. The van der Waals surface area contributed by atoms with Gasteiger partial charge >= 0.3 is 15.4 Å². The standard InChI is InChI=1S/C16H25ClO7P2/c1-5-20-25(18,21-6-2)13-16(14-9-11-15(17)12-10-14)24-26(19,22-7-3)23-8-4/h9-13H,5-8H2,1-4H3/b16-13-. The molecule has 0 bridgehead atoms. The largest absolute Gasteiger partial charge is 0.530 e. The van der Waals surface area contributed by atoms with Crippen LogP contribution in [0.15, 0.2) is 30.1 Å². The minimum atomic E-state index is -3.91. The Morgan fingerprint density at radius 2 is 1.35 bits per heavy atom. The maximum atomic E-state index is 12.9. The van der Waals surface area contributed by atoms with Crippen LogP contribution in [0.5, 0.6) is 0 Å². The fourth-order valence-corrected chi connectivity index (χ4v) is 4.76. The molecule has 0 fully saturated rings. The first kappa shape index (κ1) is 23.4. The summed E-state index contributed by atoms with van der Waals surface area (Å²) in [6.07, 6.45) is 0. The molecule has 0 saturated carbocycles. The normalized spacial score (nSPS) is 13.0. The molecule has 0 aliphatic heterocycles. The number of phosphoric acid groups is 1. The van der Waals surface area contributed by atoms with Crippen molar-refractivity contribution < 1.29 is 31.7 Å². The monoisotopic (exact) mass is 426 g/mol. The molecular weight excluding hydrogens is 402 g/mol. The van der Waals surface area contributed by atoms with E-state index < -0.39 is 15.4 Å². The summed E-state index contributed by atoms with van der Waals surface area (Å²) in [4.78, 5) is 0. The van der Waals surface area contributed by atoms with Gasteiger partial charge in [0.15, 0.2) is 0 Å². The van der Waals surface area contributed by atoms with Gasteiger partial charge in [0.1, 0.15) is 5.76 Å². The third kappa shape index (κ3) is 7.53. The van der Waals surface area contributed by atoms with E-state index in [2.05, 4.69) is 0 Å². The fraction of sp³-hybridized carbons (Fsp3) is 0.500. The van der Waals surface area contributed by atoms with Crippen LogP contribution in [0.4, 0.5) is 0 Å². The lowest BCUT2D eigenvalue weighted by Gasteiger charge is -2.21. The van der Waals surface area contributed by atoms with Crippen molar-refractivity contribution in [1.29, 1.82) is 0 Å². The maximum absolute atomic E-state index is 12.9. The zero-order chi connectivity index (χ0) is 19.6. The molecular formula is C16H25ClO7P2. The number of hydrogen-bond acceptors (Lipinski definition) is 7. The van der Waals surface area contributed by atoms with Crippen LogP contribution in [0.2, 0.25) is 5.02 Å². The van der Waals surface area contributed by atoms with Crippen molar-refractivity contribution in [1.82, 2.24) is 0 Å². The number of phosphoric ester groups is 1. The van der Waals surface area contributed by atoms with Crippen LogP contribution in [0.3, 0.4) is 0 Å². The van der Waals surface area contributed by atoms with E-state index in [-0.39, 0.29) is 32.2 Å². The summed E-state index contributed by atoms with van der Waals surface area (Å²) in [5.74, 6) is 1.17. The van der Waals surface area contributed by atoms with Gasteiger partial charge in [-0.25, -0.2) is 4.57 Å². The van der Waals surface area contributed by atoms with Crippen molar-refractivity contribution in [3.63, 3.8) is 0 Å². The highest BCUT2D eigenvalue weighted by molar-refractivity contribution is 7.57. The topological polar surface area (TPSA) is 80.3 Å². The van der Waals surface area contributed by atoms with Crippen LogP contribution in [-0.4, -0.2) is 26.4 Å². The fourth-order valence-electron chi connectivity index (χ4n) is 1.91. The third-order valence-electron chi connectivity index (χ3n) is 2.81. The van der Waals surface area contributed by atoms with Crippen LogP contribution in [0.25, 0.3) is 5.76 Å². The quantitative estimate of drug-likeness (QED) is 0.295. The second-order valence-electron chi connectivity index (χ2n) is 4.75. The molecule has 0 aliphatic carbocycles. The first-order valence-electron chi connectivity index (χ1n) is 8.27. The summed E-state index contributed by atoms with van der Waals surface area (Å²) in [5.41, 5.74) is 0.466. The van der Waals surface area contributed by atoms with Crippen LogP contribution < -0.4 is 0 Å². The molecule has 0 unspecified atom stereocenters. The second kappa shape index (κ2) is 11.3. The Kier molecular flexibility index (Phi) is 10.1. The van der Waals surface area contributed by atoms with E-state index in [1.54, 1.807) is 52.0 Å². The van der Waals surface area contributed by atoms with E-state index in [0.717, 1.165) is 0 Å². The van der Waals surface area contributed by atoms with Crippen LogP contribution in [0, 0.1) is 0 Å². The van der Waals surface area contributed by atoms with Crippen LogP contribution >= 0.6 is 27.0 Å². The highest BCUT2D eigenvalue weighted by Crippen LogP contribution is 2.57. The molecule has 1 aromatic carbocycles. The number of hydrogen-bond donors (Lipinski definition) is 0. The minimum absolute atomic E-state index is 0.00265. The summed E-state index contributed by atoms with van der Waals surface area (Å²) >= 11 is 5.91. The molecule has 0 spiro atoms. The zero-order valence-corrected chi connectivity index (χ0v) is 17.9. The van der Waals surface area contributed by atoms with Gasteiger partial charge in [0.05, 0.1) is 32.2 Å². The van der Waals surface area contributed by atoms with Crippen molar-refractivity contribution in [2.24, 2.45) is 0 Å². The summed E-state index contributed by atoms with van der Waals surface area (Å²) < 4.78 is 52.0. The molecule has 0 atom stereocenters. The zero-order valence-electron chi connectivity index (χ0n) is 15.3. The van der Waals surface area contributed by atoms with E-state index in [1.165, 1.54) is 5.82 Å². The van der Waals surface area contributed by atoms with Crippen LogP contribution in [0.1, 0.15) is 33.3 Å². The van der Waals surface area contributed by atoms with E-state index >= 15 is 0 Å². The van der Waals surface area contributed by atoms with E-state index in [9.17, 15) is 9.13 Å². The smallest absolute Gasteiger partial charge is 0.403 e. The van der Waals surface area contributed by atoms with Gasteiger partial charge in [0, 0.05) is 10.6 Å². The predicted molar refractivity (Wildman–Crippen MR) is 102 cm³/mol. The Morgan fingerprint density at radius 1 is 0.885 bits per heavy atom. The molecule has 0 N–H and O–H groups in total. The van der Waals surface area contributed by atoms with Crippen molar-refractivity contribution in [3.8, 4) is 0 Å².